The van der Waals surface area contributed by atoms with E-state index >= 15 is 0 Å². The van der Waals surface area contributed by atoms with Gasteiger partial charge in [-0.2, -0.15) is 0 Å². The molecule has 0 aromatic carbocycles. The Kier molecular flexibility index (Phi) is 4.24. The van der Waals surface area contributed by atoms with E-state index in [4.69, 9.17) is 4.74 Å². The smallest absolute Gasteiger partial charge is 0.0686 e. The van der Waals surface area contributed by atoms with Crippen molar-refractivity contribution in [1.29, 1.82) is 0 Å². The van der Waals surface area contributed by atoms with Crippen LogP contribution in [0.5, 0.6) is 0 Å². The maximum absolute atomic E-state index is 5.89. The Morgan fingerprint density at radius 1 is 1.08 bits per heavy atom. The van der Waals surface area contributed by atoms with Crippen LogP contribution in [0.4, 0.5) is 0 Å². The lowest BCUT2D eigenvalue weighted by Gasteiger charge is -2.32. The number of rotatable bonds is 0. The molecule has 0 radical (unpaired) electrons. The van der Waals surface area contributed by atoms with Gasteiger partial charge >= 0.3 is 0 Å². The highest BCUT2D eigenvalue weighted by Crippen LogP contribution is 2.41. The fraction of sp³-hybridized carbons (Fsp3) is 1.00. The van der Waals surface area contributed by atoms with Crippen LogP contribution >= 0.6 is 0 Å². The average Bonchev–Trinajstić information content (AvgIpc) is 2.52. The topological polar surface area (TPSA) is 9.23 Å². The molecular formula is C12H24O. The molecule has 2 aliphatic rings. The van der Waals surface area contributed by atoms with E-state index in [1.807, 2.05) is 13.8 Å². The van der Waals surface area contributed by atoms with Gasteiger partial charge < -0.3 is 4.74 Å². The van der Waals surface area contributed by atoms with E-state index in [9.17, 15) is 0 Å². The Hall–Kier alpha value is -0.0400. The van der Waals surface area contributed by atoms with Gasteiger partial charge in [-0.05, 0) is 25.2 Å². The van der Waals surface area contributed by atoms with Gasteiger partial charge in [-0.1, -0.05) is 40.0 Å². The summed E-state index contributed by atoms with van der Waals surface area (Å²) >= 11 is 0. The minimum Gasteiger partial charge on any atom is -0.375 e. The van der Waals surface area contributed by atoms with E-state index < -0.39 is 0 Å². The van der Waals surface area contributed by atoms with Gasteiger partial charge in [-0.3, -0.25) is 0 Å². The number of hydrogen-bond acceptors (Lipinski definition) is 1. The van der Waals surface area contributed by atoms with Gasteiger partial charge in [0.1, 0.15) is 0 Å². The molecule has 0 amide bonds. The van der Waals surface area contributed by atoms with Gasteiger partial charge in [0.05, 0.1) is 5.60 Å². The molecule has 0 aromatic heterocycles. The van der Waals surface area contributed by atoms with Crippen LogP contribution in [0.1, 0.15) is 59.3 Å². The third-order valence-electron chi connectivity index (χ3n) is 3.16. The molecule has 0 aromatic rings. The first-order valence-corrected chi connectivity index (χ1v) is 5.95. The summed E-state index contributed by atoms with van der Waals surface area (Å²) in [5.41, 5.74) is 0.345. The van der Waals surface area contributed by atoms with E-state index in [-0.39, 0.29) is 0 Å². The third kappa shape index (κ3) is 2.70. The van der Waals surface area contributed by atoms with Crippen LogP contribution in [0.15, 0.2) is 0 Å². The Morgan fingerprint density at radius 3 is 2.15 bits per heavy atom. The summed E-state index contributed by atoms with van der Waals surface area (Å²) in [4.78, 5) is 0. The Balaban J connectivity index is 0.000000396. The van der Waals surface area contributed by atoms with Crippen LogP contribution < -0.4 is 0 Å². The first kappa shape index (κ1) is 11.0. The second kappa shape index (κ2) is 4.99. The van der Waals surface area contributed by atoms with E-state index in [0.29, 0.717) is 5.60 Å². The average molecular weight is 184 g/mol. The van der Waals surface area contributed by atoms with E-state index in [1.54, 1.807) is 0 Å². The molecule has 1 spiro atoms. The lowest BCUT2D eigenvalue weighted by atomic mass is 9.81. The van der Waals surface area contributed by atoms with E-state index in [0.717, 1.165) is 12.5 Å². The van der Waals surface area contributed by atoms with Crippen LogP contribution in [0, 0.1) is 5.92 Å². The molecule has 1 unspecified atom stereocenters. The summed E-state index contributed by atoms with van der Waals surface area (Å²) in [5.74, 6) is 0.813. The van der Waals surface area contributed by atoms with E-state index in [2.05, 4.69) is 6.92 Å². The van der Waals surface area contributed by atoms with Crippen molar-refractivity contribution in [1.82, 2.24) is 0 Å². The van der Waals surface area contributed by atoms with Crippen molar-refractivity contribution in [3.05, 3.63) is 0 Å². The van der Waals surface area contributed by atoms with E-state index in [1.165, 1.54) is 38.5 Å². The van der Waals surface area contributed by atoms with Gasteiger partial charge in [-0.15, -0.1) is 0 Å². The zero-order valence-electron chi connectivity index (χ0n) is 9.44. The van der Waals surface area contributed by atoms with Crippen LogP contribution in [0.2, 0.25) is 0 Å². The van der Waals surface area contributed by atoms with Crippen LogP contribution in [0.3, 0.4) is 0 Å². The molecular weight excluding hydrogens is 160 g/mol. The maximum atomic E-state index is 5.89. The van der Waals surface area contributed by atoms with Gasteiger partial charge in [0.2, 0.25) is 0 Å². The third-order valence-corrected chi connectivity index (χ3v) is 3.16. The second-order valence-corrected chi connectivity index (χ2v) is 4.36. The fourth-order valence-corrected chi connectivity index (χ4v) is 2.62. The van der Waals surface area contributed by atoms with Crippen molar-refractivity contribution in [2.24, 2.45) is 5.92 Å². The second-order valence-electron chi connectivity index (χ2n) is 4.36. The highest BCUT2D eigenvalue weighted by molar-refractivity contribution is 4.89. The SMILES string of the molecule is CC.CC1COC2(CCCCC2)C1. The molecule has 1 saturated heterocycles. The lowest BCUT2D eigenvalue weighted by molar-refractivity contribution is -0.0247. The fourth-order valence-electron chi connectivity index (χ4n) is 2.62. The molecule has 0 N–H and O–H groups in total. The first-order valence-electron chi connectivity index (χ1n) is 5.95. The molecule has 1 saturated carbocycles. The summed E-state index contributed by atoms with van der Waals surface area (Å²) in [5, 5.41) is 0. The lowest BCUT2D eigenvalue weighted by Crippen LogP contribution is -2.30. The van der Waals surface area contributed by atoms with Crippen molar-refractivity contribution in [2.75, 3.05) is 6.61 Å². The van der Waals surface area contributed by atoms with Crippen molar-refractivity contribution in [2.45, 2.75) is 64.9 Å². The first-order chi connectivity index (χ1) is 6.31. The van der Waals surface area contributed by atoms with Crippen LogP contribution in [0.25, 0.3) is 0 Å². The zero-order valence-corrected chi connectivity index (χ0v) is 9.44. The molecule has 78 valence electrons. The molecule has 1 atom stereocenters. The summed E-state index contributed by atoms with van der Waals surface area (Å²) < 4.78 is 5.89. The molecule has 1 heteroatoms. The molecule has 2 fully saturated rings. The summed E-state index contributed by atoms with van der Waals surface area (Å²) in [7, 11) is 0. The largest absolute Gasteiger partial charge is 0.375 e. The Morgan fingerprint density at radius 2 is 1.69 bits per heavy atom. The quantitative estimate of drug-likeness (QED) is 0.557. The molecule has 1 nitrogen and oxygen atoms in total. The van der Waals surface area contributed by atoms with Gasteiger partial charge in [0.25, 0.3) is 0 Å². The minimum atomic E-state index is 0.345. The predicted octanol–water partition coefficient (Wildman–Crippen LogP) is 3.77. The molecule has 1 aliphatic carbocycles. The zero-order chi connectivity index (χ0) is 9.73. The molecule has 13 heavy (non-hydrogen) atoms. The van der Waals surface area contributed by atoms with Gasteiger partial charge in [0, 0.05) is 6.61 Å². The molecule has 2 rings (SSSR count). The summed E-state index contributed by atoms with van der Waals surface area (Å²) in [6.45, 7) is 7.32. The highest BCUT2D eigenvalue weighted by Gasteiger charge is 2.39. The summed E-state index contributed by atoms with van der Waals surface area (Å²) in [6, 6.07) is 0. The predicted molar refractivity (Wildman–Crippen MR) is 56.9 cm³/mol. The number of ether oxygens (including phenoxy) is 1. The molecule has 0 bridgehead atoms. The maximum Gasteiger partial charge on any atom is 0.0686 e. The monoisotopic (exact) mass is 184 g/mol. The minimum absolute atomic E-state index is 0.345. The highest BCUT2D eigenvalue weighted by atomic mass is 16.5. The van der Waals surface area contributed by atoms with Gasteiger partial charge in [0.15, 0.2) is 0 Å². The normalized spacial score (nSPS) is 31.2. The Labute approximate surface area is 82.9 Å². The Bertz CT molecular complexity index is 131. The van der Waals surface area contributed by atoms with Crippen molar-refractivity contribution < 1.29 is 4.74 Å². The molecule has 1 heterocycles. The van der Waals surface area contributed by atoms with Crippen molar-refractivity contribution in [3.8, 4) is 0 Å². The van der Waals surface area contributed by atoms with Gasteiger partial charge in [-0.25, -0.2) is 0 Å². The van der Waals surface area contributed by atoms with Crippen LogP contribution in [-0.4, -0.2) is 12.2 Å². The summed E-state index contributed by atoms with van der Waals surface area (Å²) in [6.07, 6.45) is 8.21. The number of hydrogen-bond donors (Lipinski definition) is 0. The molecule has 1 aliphatic heterocycles. The van der Waals surface area contributed by atoms with Crippen LogP contribution in [-0.2, 0) is 4.74 Å². The standard InChI is InChI=1S/C10H18O.C2H6/c1-9-7-10(11-8-9)5-3-2-4-6-10;1-2/h9H,2-8H2,1H3;1-2H3. The van der Waals surface area contributed by atoms with Crippen molar-refractivity contribution >= 4 is 0 Å². The van der Waals surface area contributed by atoms with Crippen molar-refractivity contribution in [3.63, 3.8) is 0 Å².